The van der Waals surface area contributed by atoms with Crippen LogP contribution in [0, 0.1) is 0 Å². The minimum absolute atomic E-state index is 0.000625. The Kier molecular flexibility index (Phi) is 14.9. The van der Waals surface area contributed by atoms with Crippen molar-refractivity contribution >= 4 is 92.7 Å². The van der Waals surface area contributed by atoms with Gasteiger partial charge in [-0.1, -0.05) is 0 Å². The van der Waals surface area contributed by atoms with E-state index in [1.807, 2.05) is 0 Å². The third-order valence-electron chi connectivity index (χ3n) is 12.8. The monoisotopic (exact) mass is 1090 g/mol. The molecule has 0 aliphatic rings. The summed E-state index contributed by atoms with van der Waals surface area (Å²) >= 11 is 0. The Morgan fingerprint density at radius 3 is 1.64 bits per heavy atom. The first-order chi connectivity index (χ1) is 38.1. The normalized spacial score (nSPS) is 11.5. The van der Waals surface area contributed by atoms with Crippen LogP contribution < -0.4 is 48.3 Å². The number of anilines is 6. The number of nitrogens with zero attached hydrogens (tertiary/aromatic N) is 11. The van der Waals surface area contributed by atoms with Crippen molar-refractivity contribution in [2.75, 3.05) is 45.5 Å². The minimum atomic E-state index is -0.796. The van der Waals surface area contributed by atoms with Crippen LogP contribution in [0.4, 0.5) is 34.4 Å². The number of H-pyrrole nitrogens is 1. The molecule has 412 valence electrons. The lowest BCUT2D eigenvalue weighted by atomic mass is 10.2. The third-order valence-corrected chi connectivity index (χ3v) is 12.8. The van der Waals surface area contributed by atoms with E-state index >= 15 is 0 Å². The van der Waals surface area contributed by atoms with Crippen LogP contribution in [-0.2, 0) is 54.1 Å². The van der Waals surface area contributed by atoms with Gasteiger partial charge in [-0.15, -0.1) is 0 Å². The number of hydrogen-bond donors (Lipinski definition) is 10. The highest BCUT2D eigenvalue weighted by atomic mass is 16.2. The first kappa shape index (κ1) is 54.0. The molecule has 29 heteroatoms. The van der Waals surface area contributed by atoms with Crippen LogP contribution >= 0.6 is 0 Å². The zero-order valence-corrected chi connectivity index (χ0v) is 44.5. The van der Waals surface area contributed by atoms with Gasteiger partial charge in [0.15, 0.2) is 35.2 Å². The molecule has 0 saturated heterocycles. The summed E-state index contributed by atoms with van der Waals surface area (Å²) in [6.07, 6.45) is 12.7. The number of carbonyl (C=O) groups is 8. The Labute approximate surface area is 453 Å². The van der Waals surface area contributed by atoms with Crippen molar-refractivity contribution in [3.8, 4) is 11.6 Å². The number of aromatic nitrogens is 12. The van der Waals surface area contributed by atoms with Crippen molar-refractivity contribution in [3.63, 3.8) is 0 Å². The van der Waals surface area contributed by atoms with Gasteiger partial charge in [0, 0.05) is 124 Å². The molecule has 0 unspecified atom stereocenters. The van der Waals surface area contributed by atoms with Crippen molar-refractivity contribution < 1.29 is 44.1 Å². The molecule has 8 amide bonds. The summed E-state index contributed by atoms with van der Waals surface area (Å²) in [7, 11) is 13.1. The van der Waals surface area contributed by atoms with Gasteiger partial charge in [0.2, 0.25) is 5.82 Å². The number of benzene rings is 1. The number of fused-ring (bicyclic) bond motifs is 1. The van der Waals surface area contributed by atoms with E-state index in [0.29, 0.717) is 56.7 Å². The first-order valence-electron chi connectivity index (χ1n) is 24.5. The molecule has 9 aromatic rings. The highest BCUT2D eigenvalue weighted by molar-refractivity contribution is 6.09. The predicted octanol–water partition coefficient (Wildman–Crippen LogP) is 1.77. The van der Waals surface area contributed by atoms with Gasteiger partial charge in [-0.3, -0.25) is 38.4 Å². The van der Waals surface area contributed by atoms with E-state index in [1.54, 1.807) is 129 Å². The van der Waals surface area contributed by atoms with Gasteiger partial charge in [0.05, 0.1) is 33.8 Å². The molecule has 80 heavy (non-hydrogen) atoms. The minimum Gasteiger partial charge on any atom is -0.354 e. The number of imidazole rings is 4. The van der Waals surface area contributed by atoms with Crippen LogP contribution in [0.5, 0.6) is 0 Å². The van der Waals surface area contributed by atoms with Gasteiger partial charge >= 0.3 is 0 Å². The van der Waals surface area contributed by atoms with Crippen LogP contribution in [0.15, 0.2) is 92.0 Å². The van der Waals surface area contributed by atoms with Crippen molar-refractivity contribution in [1.29, 1.82) is 0 Å². The second-order valence-electron chi connectivity index (χ2n) is 18.8. The lowest BCUT2D eigenvalue weighted by molar-refractivity contribution is -0.403. The SMILES string of the molecule is CNC(=O)c1cc(NC(=O)c2ccc3nc(-c4nc(NC(=O)c5cc(NC(=O)[C@H]([NH3+])CCNC(=O)c6cc(NC(=O)c7cc(NC(=O)c8nc(NC(=O)c9nccn9C)cn8C)cn7C)cn6C)cn5C)cn4C)[nH]c3c2)cn1C. The standard InChI is InChI=1S/C51H55N21O8/c1-53-46(75)34-16-27(20-67(34)3)56-44(73)26-9-10-32-33(15-26)61-40(60-32)41-62-38(24-71(41)7)64-49(78)37-18-28(21-70(37)6)57-45(74)31(52)11-12-55-47(76)35-17-29(22-68(35)4)58-48(77)36-19-30(23-69(36)5)59-51(80)43-63-39(25-72(43)8)65-50(79)42-54-13-14-66(42)2/h9-10,13-25,31H,11-12,52H2,1-8H3,(H,53,75)(H,55,76)(H,56,73)(H,57,74)(H,58,77)(H,59,80)(H,60,61)(H,64,78)(H,65,79)/p+1/t31-/m1/s1. The summed E-state index contributed by atoms with van der Waals surface area (Å²) in [4.78, 5) is 125. The molecule has 0 saturated carbocycles. The van der Waals surface area contributed by atoms with E-state index < -0.39 is 41.5 Å². The number of aryl methyl sites for hydroxylation is 7. The van der Waals surface area contributed by atoms with Crippen molar-refractivity contribution in [3.05, 3.63) is 132 Å². The third kappa shape index (κ3) is 11.5. The van der Waals surface area contributed by atoms with E-state index in [-0.39, 0.29) is 65.1 Å². The second kappa shape index (κ2) is 22.0. The summed E-state index contributed by atoms with van der Waals surface area (Å²) in [5.41, 5.74) is 7.90. The Balaban J connectivity index is 0.731. The Morgan fingerprint density at radius 1 is 0.525 bits per heavy atom. The molecular formula is C51H56N21O8+. The maximum absolute atomic E-state index is 13.5. The molecule has 0 bridgehead atoms. The van der Waals surface area contributed by atoms with E-state index in [4.69, 9.17) is 0 Å². The number of hydrogen-bond acceptors (Lipinski definition) is 12. The van der Waals surface area contributed by atoms with Gasteiger partial charge in [-0.05, 0) is 42.5 Å². The van der Waals surface area contributed by atoms with Crippen LogP contribution in [-0.4, -0.2) is 124 Å². The number of quaternary nitrogens is 1. The summed E-state index contributed by atoms with van der Waals surface area (Å²) in [6, 6.07) is 10.2. The van der Waals surface area contributed by atoms with Gasteiger partial charge < -0.3 is 85.2 Å². The quantitative estimate of drug-likeness (QED) is 0.0588. The molecule has 0 fully saturated rings. The molecule has 12 N–H and O–H groups in total. The molecule has 1 atom stereocenters. The van der Waals surface area contributed by atoms with Crippen LogP contribution in [0.25, 0.3) is 22.7 Å². The Bertz CT molecular complexity index is 3950. The first-order valence-corrected chi connectivity index (χ1v) is 24.5. The van der Waals surface area contributed by atoms with E-state index in [9.17, 15) is 38.4 Å². The summed E-state index contributed by atoms with van der Waals surface area (Å²) < 4.78 is 10.9. The van der Waals surface area contributed by atoms with Crippen molar-refractivity contribution in [1.82, 2.24) is 67.5 Å². The summed E-state index contributed by atoms with van der Waals surface area (Å²) in [5, 5.41) is 21.8. The fourth-order valence-corrected chi connectivity index (χ4v) is 8.65. The zero-order chi connectivity index (χ0) is 57.3. The average molecular weight is 1090 g/mol. The maximum Gasteiger partial charge on any atom is 0.292 e. The molecule has 0 radical (unpaired) electrons. The molecule has 29 nitrogen and oxygen atoms in total. The van der Waals surface area contributed by atoms with E-state index in [2.05, 4.69) is 73.2 Å². The van der Waals surface area contributed by atoms with Gasteiger partial charge in [-0.25, -0.2) is 19.9 Å². The lowest BCUT2D eigenvalue weighted by Crippen LogP contribution is -2.67. The van der Waals surface area contributed by atoms with Gasteiger partial charge in [0.25, 0.3) is 47.3 Å². The predicted molar refractivity (Wildman–Crippen MR) is 292 cm³/mol. The fourth-order valence-electron chi connectivity index (χ4n) is 8.65. The number of carbonyl (C=O) groups excluding carboxylic acids is 8. The number of amides is 8. The van der Waals surface area contributed by atoms with Crippen LogP contribution in [0.2, 0.25) is 0 Å². The molecule has 1 aromatic carbocycles. The molecule has 8 aromatic heterocycles. The molecular weight excluding hydrogens is 1030 g/mol. The van der Waals surface area contributed by atoms with E-state index in [0.717, 1.165) is 0 Å². The largest absolute Gasteiger partial charge is 0.354 e. The highest BCUT2D eigenvalue weighted by Gasteiger charge is 2.24. The average Bonchev–Trinajstić information content (AvgIpc) is 4.33. The lowest BCUT2D eigenvalue weighted by Gasteiger charge is -2.10. The Morgan fingerprint density at radius 2 is 1.04 bits per heavy atom. The fraction of sp³-hybridized carbons (Fsp3) is 0.216. The molecule has 0 aliphatic carbocycles. The molecule has 8 heterocycles. The number of nitrogens with one attached hydrogen (secondary N) is 9. The Hall–Kier alpha value is -10.8. The smallest absolute Gasteiger partial charge is 0.292 e. The van der Waals surface area contributed by atoms with Crippen molar-refractivity contribution in [2.24, 2.45) is 49.3 Å². The van der Waals surface area contributed by atoms with E-state index in [1.165, 1.54) is 51.3 Å². The van der Waals surface area contributed by atoms with Crippen LogP contribution in [0.1, 0.15) is 80.0 Å². The molecule has 9 rings (SSSR count). The summed E-state index contributed by atoms with van der Waals surface area (Å²) in [5.74, 6) is -2.37. The van der Waals surface area contributed by atoms with Crippen LogP contribution in [0.3, 0.4) is 0 Å². The van der Waals surface area contributed by atoms with Crippen molar-refractivity contribution in [2.45, 2.75) is 12.5 Å². The molecule has 0 aliphatic heterocycles. The highest BCUT2D eigenvalue weighted by Crippen LogP contribution is 2.25. The van der Waals surface area contributed by atoms with Gasteiger partial charge in [0.1, 0.15) is 22.8 Å². The molecule has 0 spiro atoms. The maximum atomic E-state index is 13.5. The zero-order valence-electron chi connectivity index (χ0n) is 44.5. The van der Waals surface area contributed by atoms with Gasteiger partial charge in [-0.2, -0.15) is 0 Å². The second-order valence-corrected chi connectivity index (χ2v) is 18.8. The number of aromatic amines is 1. The number of rotatable bonds is 18. The summed E-state index contributed by atoms with van der Waals surface area (Å²) in [6.45, 7) is 0.0863. The topological polar surface area (TPSA) is 362 Å².